The van der Waals surface area contributed by atoms with Crippen LogP contribution in [0.2, 0.25) is 0 Å². The van der Waals surface area contributed by atoms with Crippen LogP contribution in [0, 0.1) is 0 Å². The highest BCUT2D eigenvalue weighted by Gasteiger charge is 2.26. The van der Waals surface area contributed by atoms with E-state index >= 15 is 0 Å². The summed E-state index contributed by atoms with van der Waals surface area (Å²) >= 11 is 0. The third-order valence-corrected chi connectivity index (χ3v) is 6.68. The van der Waals surface area contributed by atoms with Gasteiger partial charge in [0.2, 0.25) is 10.0 Å². The van der Waals surface area contributed by atoms with E-state index in [0.717, 1.165) is 12.8 Å². The van der Waals surface area contributed by atoms with Gasteiger partial charge in [0.15, 0.2) is 0 Å². The molecule has 0 saturated carbocycles. The van der Waals surface area contributed by atoms with E-state index in [4.69, 9.17) is 0 Å². The molecule has 0 bridgehead atoms. The molecule has 1 amide bonds. The molecule has 6 heteroatoms. The molecular formula is C22H28N2O3S. The number of nitrogens with one attached hydrogen (secondary N) is 1. The zero-order chi connectivity index (χ0) is 20.4. The number of benzene rings is 2. The summed E-state index contributed by atoms with van der Waals surface area (Å²) in [4.78, 5) is 14.8. The van der Waals surface area contributed by atoms with Gasteiger partial charge >= 0.3 is 0 Å². The van der Waals surface area contributed by atoms with Crippen LogP contribution in [0.25, 0.3) is 0 Å². The molecule has 0 unspecified atom stereocenters. The summed E-state index contributed by atoms with van der Waals surface area (Å²) in [6.45, 7) is 6.80. The lowest BCUT2D eigenvalue weighted by Gasteiger charge is -2.32. The highest BCUT2D eigenvalue weighted by Crippen LogP contribution is 2.28. The lowest BCUT2D eigenvalue weighted by Crippen LogP contribution is -2.40. The molecule has 0 radical (unpaired) electrons. The van der Waals surface area contributed by atoms with Crippen molar-refractivity contribution in [2.45, 2.75) is 50.0 Å². The summed E-state index contributed by atoms with van der Waals surface area (Å²) in [7, 11) is -3.60. The Morgan fingerprint density at radius 1 is 0.964 bits per heavy atom. The van der Waals surface area contributed by atoms with Crippen LogP contribution < -0.4 is 4.72 Å². The molecule has 0 aromatic heterocycles. The molecule has 0 spiro atoms. The van der Waals surface area contributed by atoms with Crippen molar-refractivity contribution in [2.75, 3.05) is 13.1 Å². The van der Waals surface area contributed by atoms with Crippen LogP contribution >= 0.6 is 0 Å². The average molecular weight is 401 g/mol. The first-order chi connectivity index (χ1) is 13.2. The monoisotopic (exact) mass is 400 g/mol. The molecule has 1 N–H and O–H groups in total. The minimum absolute atomic E-state index is 0.0424. The van der Waals surface area contributed by atoms with Crippen LogP contribution in [0.1, 0.15) is 55.5 Å². The van der Waals surface area contributed by atoms with E-state index in [1.165, 1.54) is 17.7 Å². The van der Waals surface area contributed by atoms with E-state index < -0.39 is 15.6 Å². The smallest absolute Gasteiger partial charge is 0.253 e. The maximum Gasteiger partial charge on any atom is 0.253 e. The van der Waals surface area contributed by atoms with Crippen molar-refractivity contribution >= 4 is 15.9 Å². The van der Waals surface area contributed by atoms with Crippen LogP contribution in [0.15, 0.2) is 59.5 Å². The van der Waals surface area contributed by atoms with Crippen molar-refractivity contribution in [3.05, 3.63) is 65.7 Å². The van der Waals surface area contributed by atoms with E-state index in [0.29, 0.717) is 24.6 Å². The number of piperidine rings is 1. The Kier molecular flexibility index (Phi) is 5.91. The molecule has 0 atom stereocenters. The molecule has 5 nitrogen and oxygen atoms in total. The molecule has 0 aliphatic carbocycles. The van der Waals surface area contributed by atoms with Crippen LogP contribution in [-0.2, 0) is 10.0 Å². The van der Waals surface area contributed by atoms with Gasteiger partial charge in [-0.1, -0.05) is 30.3 Å². The van der Waals surface area contributed by atoms with Crippen molar-refractivity contribution < 1.29 is 13.2 Å². The third-order valence-electron chi connectivity index (χ3n) is 4.91. The molecule has 28 heavy (non-hydrogen) atoms. The number of amides is 1. The Balaban J connectivity index is 1.64. The van der Waals surface area contributed by atoms with Gasteiger partial charge in [-0.2, -0.15) is 0 Å². The fraction of sp³-hybridized carbons (Fsp3) is 0.409. The van der Waals surface area contributed by atoms with Gasteiger partial charge in [-0.25, -0.2) is 13.1 Å². The highest BCUT2D eigenvalue weighted by molar-refractivity contribution is 7.89. The summed E-state index contributed by atoms with van der Waals surface area (Å²) in [6.07, 6.45) is 1.88. The predicted octanol–water partition coefficient (Wildman–Crippen LogP) is 3.78. The van der Waals surface area contributed by atoms with Crippen molar-refractivity contribution in [1.82, 2.24) is 9.62 Å². The number of carbonyl (C=O) groups excluding carboxylic acids is 1. The fourth-order valence-electron chi connectivity index (χ4n) is 3.56. The first kappa shape index (κ1) is 20.6. The lowest BCUT2D eigenvalue weighted by atomic mass is 9.89. The van der Waals surface area contributed by atoms with Gasteiger partial charge in [0.05, 0.1) is 4.90 Å². The fourth-order valence-corrected chi connectivity index (χ4v) is 4.98. The summed E-state index contributed by atoms with van der Waals surface area (Å²) in [6, 6.07) is 16.6. The molecule has 1 aliphatic heterocycles. The number of sulfonamides is 1. The SMILES string of the molecule is CC(C)(C)NS(=O)(=O)c1ccc(C(=O)N2CCC(c3ccccc3)CC2)cc1. The Morgan fingerprint density at radius 2 is 1.54 bits per heavy atom. The predicted molar refractivity (Wildman–Crippen MR) is 111 cm³/mol. The van der Waals surface area contributed by atoms with E-state index in [1.807, 2.05) is 11.0 Å². The number of hydrogen-bond acceptors (Lipinski definition) is 3. The number of likely N-dealkylation sites (tertiary alicyclic amines) is 1. The normalized spacial score (nSPS) is 16.2. The Morgan fingerprint density at radius 3 is 2.07 bits per heavy atom. The standard InChI is InChI=1S/C22H28N2O3S/c1-22(2,3)23-28(26,27)20-11-9-19(10-12-20)21(25)24-15-13-18(14-16-24)17-7-5-4-6-8-17/h4-12,18,23H,13-16H2,1-3H3. The topological polar surface area (TPSA) is 66.5 Å². The summed E-state index contributed by atoms with van der Waals surface area (Å²) in [5, 5.41) is 0. The quantitative estimate of drug-likeness (QED) is 0.849. The zero-order valence-corrected chi connectivity index (χ0v) is 17.5. The van der Waals surface area contributed by atoms with Gasteiger partial charge in [0.1, 0.15) is 0 Å². The molecule has 1 heterocycles. The maximum atomic E-state index is 12.8. The van der Waals surface area contributed by atoms with Crippen LogP contribution in [0.3, 0.4) is 0 Å². The second-order valence-corrected chi connectivity index (χ2v) is 10.0. The minimum Gasteiger partial charge on any atom is -0.339 e. The molecule has 150 valence electrons. The number of nitrogens with zero attached hydrogens (tertiary/aromatic N) is 1. The second kappa shape index (κ2) is 8.05. The molecule has 2 aromatic carbocycles. The largest absolute Gasteiger partial charge is 0.339 e. The van der Waals surface area contributed by atoms with E-state index in [1.54, 1.807) is 32.9 Å². The summed E-state index contributed by atoms with van der Waals surface area (Å²) < 4.78 is 27.4. The van der Waals surface area contributed by atoms with Crippen molar-refractivity contribution in [2.24, 2.45) is 0 Å². The van der Waals surface area contributed by atoms with Crippen LogP contribution in [-0.4, -0.2) is 37.9 Å². The summed E-state index contributed by atoms with van der Waals surface area (Å²) in [5.74, 6) is 0.445. The molecule has 1 fully saturated rings. The third kappa shape index (κ3) is 5.00. The van der Waals surface area contributed by atoms with E-state index in [2.05, 4.69) is 29.0 Å². The average Bonchev–Trinajstić information content (AvgIpc) is 2.66. The number of hydrogen-bond donors (Lipinski definition) is 1. The zero-order valence-electron chi connectivity index (χ0n) is 16.7. The molecular weight excluding hydrogens is 372 g/mol. The number of carbonyl (C=O) groups is 1. The number of rotatable bonds is 4. The first-order valence-electron chi connectivity index (χ1n) is 9.64. The molecule has 3 rings (SSSR count). The highest BCUT2D eigenvalue weighted by atomic mass is 32.2. The molecule has 1 aliphatic rings. The Bertz CT molecular complexity index is 909. The van der Waals surface area contributed by atoms with Gasteiger partial charge in [-0.05, 0) is 69.4 Å². The van der Waals surface area contributed by atoms with E-state index in [-0.39, 0.29) is 10.8 Å². The minimum atomic E-state index is -3.60. The molecule has 2 aromatic rings. The van der Waals surface area contributed by atoms with Gasteiger partial charge in [0, 0.05) is 24.2 Å². The van der Waals surface area contributed by atoms with Gasteiger partial charge in [-0.3, -0.25) is 4.79 Å². The first-order valence-corrected chi connectivity index (χ1v) is 11.1. The van der Waals surface area contributed by atoms with Gasteiger partial charge in [0.25, 0.3) is 5.91 Å². The van der Waals surface area contributed by atoms with Crippen LogP contribution in [0.5, 0.6) is 0 Å². The van der Waals surface area contributed by atoms with E-state index in [9.17, 15) is 13.2 Å². The van der Waals surface area contributed by atoms with Crippen molar-refractivity contribution in [3.63, 3.8) is 0 Å². The second-order valence-electron chi connectivity index (χ2n) is 8.36. The maximum absolute atomic E-state index is 12.8. The Labute approximate surface area is 167 Å². The van der Waals surface area contributed by atoms with Crippen molar-refractivity contribution in [3.8, 4) is 0 Å². The van der Waals surface area contributed by atoms with Crippen LogP contribution in [0.4, 0.5) is 0 Å². The van der Waals surface area contributed by atoms with Crippen molar-refractivity contribution in [1.29, 1.82) is 0 Å². The summed E-state index contributed by atoms with van der Waals surface area (Å²) in [5.41, 5.74) is 1.29. The van der Waals surface area contributed by atoms with Gasteiger partial charge < -0.3 is 4.90 Å². The van der Waals surface area contributed by atoms with Gasteiger partial charge in [-0.15, -0.1) is 0 Å². The Hall–Kier alpha value is -2.18. The lowest BCUT2D eigenvalue weighted by molar-refractivity contribution is 0.0713. The molecule has 1 saturated heterocycles.